The summed E-state index contributed by atoms with van der Waals surface area (Å²) in [6.07, 6.45) is 1.30. The number of hydrogen-bond donors (Lipinski definition) is 0. The summed E-state index contributed by atoms with van der Waals surface area (Å²) in [5.41, 5.74) is 1.74. The largest absolute Gasteiger partial charge is 0.360 e. The minimum Gasteiger partial charge on any atom is -0.360 e. The highest BCUT2D eigenvalue weighted by molar-refractivity contribution is 5.98. The fraction of sp³-hybridized carbons (Fsp3) is 0.533. The summed E-state index contributed by atoms with van der Waals surface area (Å²) >= 11 is 0. The van der Waals surface area contributed by atoms with Crippen LogP contribution >= 0.6 is 12.4 Å². The summed E-state index contributed by atoms with van der Waals surface area (Å²) in [4.78, 5) is 7.23. The lowest BCUT2D eigenvalue weighted by Gasteiger charge is -2.28. The van der Waals surface area contributed by atoms with Crippen LogP contribution in [0, 0.1) is 5.92 Å². The van der Waals surface area contributed by atoms with Crippen LogP contribution in [0.2, 0.25) is 0 Å². The number of halogens is 1. The zero-order chi connectivity index (χ0) is 11.9. The van der Waals surface area contributed by atoms with Crippen LogP contribution in [-0.2, 0) is 5.41 Å². The number of hydrogen-bond acceptors (Lipinski definition) is 2. The Bertz CT molecular complexity index is 439. The van der Waals surface area contributed by atoms with Gasteiger partial charge in [0.1, 0.15) is 5.84 Å². The Morgan fingerprint density at radius 1 is 1.22 bits per heavy atom. The number of rotatable bonds is 3. The molecule has 0 saturated heterocycles. The van der Waals surface area contributed by atoms with Gasteiger partial charge in [-0.25, -0.2) is 0 Å². The van der Waals surface area contributed by atoms with E-state index in [9.17, 15) is 0 Å². The molecule has 3 heteroatoms. The van der Waals surface area contributed by atoms with Gasteiger partial charge in [-0.05, 0) is 31.7 Å². The molecular formula is C15H21ClN2. The normalized spacial score (nSPS) is 28.1. The average Bonchev–Trinajstić information content (AvgIpc) is 3.02. The highest BCUT2D eigenvalue weighted by Crippen LogP contribution is 2.59. The van der Waals surface area contributed by atoms with Gasteiger partial charge in [0, 0.05) is 19.6 Å². The molecule has 2 unspecified atom stereocenters. The Balaban J connectivity index is 0.00000120. The molecule has 0 spiro atoms. The lowest BCUT2D eigenvalue weighted by molar-refractivity contribution is 0.446. The van der Waals surface area contributed by atoms with E-state index >= 15 is 0 Å². The summed E-state index contributed by atoms with van der Waals surface area (Å²) in [7, 11) is 0. The second-order valence-corrected chi connectivity index (χ2v) is 5.08. The van der Waals surface area contributed by atoms with Crippen molar-refractivity contribution < 1.29 is 0 Å². The summed E-state index contributed by atoms with van der Waals surface area (Å²) < 4.78 is 0. The summed E-state index contributed by atoms with van der Waals surface area (Å²) in [6, 6.07) is 10.9. The van der Waals surface area contributed by atoms with E-state index in [-0.39, 0.29) is 17.8 Å². The SMILES string of the molecule is CCN(CC)C1=NCC2CC12c1ccccc1.Cl. The molecule has 0 amide bonds. The van der Waals surface area contributed by atoms with Gasteiger partial charge in [-0.15, -0.1) is 12.4 Å². The minimum atomic E-state index is 0. The topological polar surface area (TPSA) is 15.6 Å². The van der Waals surface area contributed by atoms with Gasteiger partial charge in [-0.2, -0.15) is 0 Å². The van der Waals surface area contributed by atoms with E-state index in [4.69, 9.17) is 4.99 Å². The summed E-state index contributed by atoms with van der Waals surface area (Å²) in [6.45, 7) is 7.61. The van der Waals surface area contributed by atoms with E-state index in [0.29, 0.717) is 0 Å². The zero-order valence-electron chi connectivity index (χ0n) is 11.1. The average molecular weight is 265 g/mol. The van der Waals surface area contributed by atoms with Gasteiger partial charge >= 0.3 is 0 Å². The molecule has 98 valence electrons. The predicted octanol–water partition coefficient (Wildman–Crippen LogP) is 3.12. The molecule has 18 heavy (non-hydrogen) atoms. The van der Waals surface area contributed by atoms with Crippen molar-refractivity contribution in [2.75, 3.05) is 19.6 Å². The molecule has 2 atom stereocenters. The standard InChI is InChI=1S/C15H20N2.ClH/c1-3-17(4-2)14-15(10-13(15)11-16-14)12-8-6-5-7-9-12;/h5-9,13H,3-4,10-11H2,1-2H3;1H. The molecule has 1 heterocycles. The van der Waals surface area contributed by atoms with Crippen molar-refractivity contribution in [1.29, 1.82) is 0 Å². The van der Waals surface area contributed by atoms with Gasteiger partial charge in [0.2, 0.25) is 0 Å². The van der Waals surface area contributed by atoms with E-state index in [1.165, 1.54) is 17.8 Å². The van der Waals surface area contributed by atoms with Gasteiger partial charge < -0.3 is 4.90 Å². The first-order valence-corrected chi connectivity index (χ1v) is 6.68. The Labute approximate surface area is 116 Å². The van der Waals surface area contributed by atoms with Crippen LogP contribution in [0.3, 0.4) is 0 Å². The maximum atomic E-state index is 4.80. The predicted molar refractivity (Wildman–Crippen MR) is 78.7 cm³/mol. The molecule has 3 rings (SSSR count). The second-order valence-electron chi connectivity index (χ2n) is 5.08. The second kappa shape index (κ2) is 4.93. The van der Waals surface area contributed by atoms with Crippen LogP contribution in [-0.4, -0.2) is 30.4 Å². The third kappa shape index (κ3) is 1.74. The van der Waals surface area contributed by atoms with E-state index in [1.807, 2.05) is 0 Å². The molecule has 1 fully saturated rings. The Morgan fingerprint density at radius 2 is 1.89 bits per heavy atom. The molecule has 2 nitrogen and oxygen atoms in total. The van der Waals surface area contributed by atoms with Gasteiger partial charge in [-0.3, -0.25) is 4.99 Å². The molecule has 1 aromatic carbocycles. The van der Waals surface area contributed by atoms with Crippen LogP contribution in [0.1, 0.15) is 25.8 Å². The number of nitrogens with zero attached hydrogens (tertiary/aromatic N) is 2. The summed E-state index contributed by atoms with van der Waals surface area (Å²) in [5.74, 6) is 2.11. The first kappa shape index (κ1) is 13.4. The van der Waals surface area contributed by atoms with Gasteiger partial charge in [0.25, 0.3) is 0 Å². The fourth-order valence-electron chi connectivity index (χ4n) is 3.29. The van der Waals surface area contributed by atoms with Crippen molar-refractivity contribution in [3.8, 4) is 0 Å². The monoisotopic (exact) mass is 264 g/mol. The van der Waals surface area contributed by atoms with Crippen LogP contribution in [0.5, 0.6) is 0 Å². The van der Waals surface area contributed by atoms with Gasteiger partial charge in [-0.1, -0.05) is 30.3 Å². The molecule has 0 radical (unpaired) electrons. The highest BCUT2D eigenvalue weighted by Gasteiger charge is 2.62. The van der Waals surface area contributed by atoms with Crippen molar-refractivity contribution in [2.24, 2.45) is 10.9 Å². The van der Waals surface area contributed by atoms with E-state index < -0.39 is 0 Å². The molecule has 1 aliphatic heterocycles. The lowest BCUT2D eigenvalue weighted by Crippen LogP contribution is -2.38. The van der Waals surface area contributed by atoms with Crippen LogP contribution in [0.25, 0.3) is 0 Å². The number of fused-ring (bicyclic) bond motifs is 1. The Hall–Kier alpha value is -1.02. The van der Waals surface area contributed by atoms with E-state index in [1.54, 1.807) is 0 Å². The maximum Gasteiger partial charge on any atom is 0.110 e. The van der Waals surface area contributed by atoms with Crippen molar-refractivity contribution in [2.45, 2.75) is 25.7 Å². The third-order valence-corrected chi connectivity index (χ3v) is 4.32. The van der Waals surface area contributed by atoms with E-state index in [2.05, 4.69) is 49.1 Å². The number of benzene rings is 1. The lowest BCUT2D eigenvalue weighted by atomic mass is 9.92. The molecule has 0 aromatic heterocycles. The van der Waals surface area contributed by atoms with E-state index in [0.717, 1.165) is 25.6 Å². The number of amidine groups is 1. The highest BCUT2D eigenvalue weighted by atomic mass is 35.5. The molecule has 1 aliphatic carbocycles. The maximum absolute atomic E-state index is 4.80. The van der Waals surface area contributed by atoms with Gasteiger partial charge in [0.15, 0.2) is 0 Å². The first-order chi connectivity index (χ1) is 8.32. The quantitative estimate of drug-likeness (QED) is 0.819. The first-order valence-electron chi connectivity index (χ1n) is 6.68. The molecular weight excluding hydrogens is 244 g/mol. The molecule has 1 saturated carbocycles. The van der Waals surface area contributed by atoms with Crippen molar-refractivity contribution in [3.05, 3.63) is 35.9 Å². The smallest absolute Gasteiger partial charge is 0.110 e. The number of aliphatic imine (C=N–C) groups is 1. The van der Waals surface area contributed by atoms with Crippen molar-refractivity contribution in [1.82, 2.24) is 4.90 Å². The zero-order valence-corrected chi connectivity index (χ0v) is 11.9. The minimum absolute atomic E-state index is 0. The van der Waals surface area contributed by atoms with Crippen molar-refractivity contribution >= 4 is 18.2 Å². The fourth-order valence-corrected chi connectivity index (χ4v) is 3.29. The van der Waals surface area contributed by atoms with Crippen LogP contribution < -0.4 is 0 Å². The molecule has 2 aliphatic rings. The van der Waals surface area contributed by atoms with Crippen molar-refractivity contribution in [3.63, 3.8) is 0 Å². The third-order valence-electron chi connectivity index (χ3n) is 4.32. The van der Waals surface area contributed by atoms with Crippen LogP contribution in [0.4, 0.5) is 0 Å². The molecule has 1 aromatic rings. The Morgan fingerprint density at radius 3 is 2.44 bits per heavy atom. The molecule has 0 bridgehead atoms. The van der Waals surface area contributed by atoms with Crippen LogP contribution in [0.15, 0.2) is 35.3 Å². The van der Waals surface area contributed by atoms with Gasteiger partial charge in [0.05, 0.1) is 5.41 Å². The summed E-state index contributed by atoms with van der Waals surface area (Å²) in [5, 5.41) is 0. The number of likely N-dealkylation sites (N-methyl/N-ethyl adjacent to an activating group) is 1. The molecule has 0 N–H and O–H groups in total. The Kier molecular flexibility index (Phi) is 3.67.